The van der Waals surface area contributed by atoms with Crippen molar-refractivity contribution in [3.05, 3.63) is 65.2 Å². The van der Waals surface area contributed by atoms with Gasteiger partial charge in [0.25, 0.3) is 15.9 Å². The Bertz CT molecular complexity index is 901. The highest BCUT2D eigenvalue weighted by atomic mass is 32.2. The molecule has 0 aromatic heterocycles. The van der Waals surface area contributed by atoms with Gasteiger partial charge in [0, 0.05) is 17.5 Å². The Kier molecular flexibility index (Phi) is 5.58. The number of carbonyl (C=O) groups excluding carboxylic acids is 1. The molecule has 25 heavy (non-hydrogen) atoms. The summed E-state index contributed by atoms with van der Waals surface area (Å²) in [5, 5.41) is 14.9. The summed E-state index contributed by atoms with van der Waals surface area (Å²) < 4.78 is 28.0. The maximum absolute atomic E-state index is 12.3. The normalized spacial score (nSPS) is 12.2. The molecular weight excluding hydrogens is 340 g/mol. The van der Waals surface area contributed by atoms with Crippen LogP contribution in [0.3, 0.4) is 0 Å². The first-order valence-electron chi connectivity index (χ1n) is 7.69. The Balaban J connectivity index is 2.29. The van der Waals surface area contributed by atoms with Gasteiger partial charge >= 0.3 is 0 Å². The fourth-order valence-corrected chi connectivity index (χ4v) is 3.05. The second-order valence-corrected chi connectivity index (χ2v) is 7.44. The highest BCUT2D eigenvalue weighted by Gasteiger charge is 2.14. The minimum absolute atomic E-state index is 0.0300. The molecule has 2 rings (SSSR count). The van der Waals surface area contributed by atoms with Crippen LogP contribution in [-0.2, 0) is 10.0 Å². The molecule has 0 heterocycles. The first kappa shape index (κ1) is 18.7. The highest BCUT2D eigenvalue weighted by Crippen LogP contribution is 2.15. The van der Waals surface area contributed by atoms with Crippen LogP contribution in [0, 0.1) is 6.92 Å². The van der Waals surface area contributed by atoms with Gasteiger partial charge in [-0.25, -0.2) is 0 Å². The minimum atomic E-state index is -4.15. The Morgan fingerprint density at radius 3 is 2.24 bits per heavy atom. The third-order valence-electron chi connectivity index (χ3n) is 3.41. The molecule has 0 bridgehead atoms. The molecule has 0 aliphatic carbocycles. The van der Waals surface area contributed by atoms with Gasteiger partial charge in [-0.1, -0.05) is 24.3 Å². The lowest BCUT2D eigenvalue weighted by Gasteiger charge is -2.13. The van der Waals surface area contributed by atoms with E-state index in [1.165, 1.54) is 30.3 Å². The first-order chi connectivity index (χ1) is 11.7. The van der Waals surface area contributed by atoms with Crippen LogP contribution in [0.1, 0.15) is 35.3 Å². The van der Waals surface area contributed by atoms with Gasteiger partial charge in [-0.15, -0.1) is 0 Å². The lowest BCUT2D eigenvalue weighted by Crippen LogP contribution is -2.30. The summed E-state index contributed by atoms with van der Waals surface area (Å²) in [6.07, 6.45) is 0. The molecule has 0 saturated carbocycles. The standard InChI is InChI=1S/C18H20N2O4S/c1-12(2)19-17(21)14-8-10-15(11-9-14)25(23,24)20-18(22)16-7-5-4-6-13(16)3/h4-12H,1-3H3,(H,19,21)(H,20,22)/p-1. The average molecular weight is 359 g/mol. The van der Waals surface area contributed by atoms with E-state index in [0.717, 1.165) is 0 Å². The van der Waals surface area contributed by atoms with Crippen molar-refractivity contribution in [2.45, 2.75) is 31.7 Å². The zero-order valence-corrected chi connectivity index (χ0v) is 15.0. The molecule has 0 aliphatic rings. The largest absolute Gasteiger partial charge is 0.858 e. The van der Waals surface area contributed by atoms with Gasteiger partial charge < -0.3 is 10.4 Å². The Morgan fingerprint density at radius 2 is 1.68 bits per heavy atom. The van der Waals surface area contributed by atoms with Crippen LogP contribution in [-0.4, -0.2) is 26.3 Å². The van der Waals surface area contributed by atoms with Crippen molar-refractivity contribution < 1.29 is 18.3 Å². The van der Waals surface area contributed by atoms with E-state index in [9.17, 15) is 18.3 Å². The van der Waals surface area contributed by atoms with Gasteiger partial charge in [0.2, 0.25) is 0 Å². The first-order valence-corrected chi connectivity index (χ1v) is 9.13. The van der Waals surface area contributed by atoms with E-state index in [4.69, 9.17) is 0 Å². The highest BCUT2D eigenvalue weighted by molar-refractivity contribution is 7.90. The van der Waals surface area contributed by atoms with Crippen LogP contribution in [0.15, 0.2) is 57.8 Å². The maximum atomic E-state index is 12.3. The molecule has 2 aromatic carbocycles. The van der Waals surface area contributed by atoms with Gasteiger partial charge in [-0.2, -0.15) is 12.8 Å². The monoisotopic (exact) mass is 359 g/mol. The van der Waals surface area contributed by atoms with E-state index < -0.39 is 15.9 Å². The maximum Gasteiger partial charge on any atom is 0.281 e. The number of carbonyl (C=O) groups is 1. The molecular formula is C18H19N2O4S-. The predicted molar refractivity (Wildman–Crippen MR) is 93.9 cm³/mol. The molecule has 0 fully saturated rings. The van der Waals surface area contributed by atoms with Crippen LogP contribution < -0.4 is 10.4 Å². The van der Waals surface area contributed by atoms with E-state index in [-0.39, 0.29) is 22.4 Å². The van der Waals surface area contributed by atoms with Crippen molar-refractivity contribution in [3.8, 4) is 0 Å². The topological polar surface area (TPSA) is 98.7 Å². The van der Waals surface area contributed by atoms with Gasteiger partial charge in [-0.3, -0.25) is 4.79 Å². The lowest BCUT2D eigenvalue weighted by atomic mass is 10.1. The molecule has 0 aliphatic heterocycles. The van der Waals surface area contributed by atoms with Crippen molar-refractivity contribution in [2.75, 3.05) is 0 Å². The molecule has 132 valence electrons. The number of hydrogen-bond acceptors (Lipinski definition) is 4. The van der Waals surface area contributed by atoms with Crippen molar-refractivity contribution in [2.24, 2.45) is 4.40 Å². The fourth-order valence-electron chi connectivity index (χ4n) is 2.15. The molecule has 1 amide bonds. The van der Waals surface area contributed by atoms with E-state index in [1.807, 2.05) is 13.8 Å². The summed E-state index contributed by atoms with van der Waals surface area (Å²) in [4.78, 5) is 11.7. The van der Waals surface area contributed by atoms with E-state index >= 15 is 0 Å². The van der Waals surface area contributed by atoms with Crippen molar-refractivity contribution >= 4 is 21.8 Å². The third kappa shape index (κ3) is 4.67. The second-order valence-electron chi connectivity index (χ2n) is 5.84. The molecule has 0 spiro atoms. The van der Waals surface area contributed by atoms with Gasteiger partial charge in [0.15, 0.2) is 0 Å². The van der Waals surface area contributed by atoms with Crippen molar-refractivity contribution in [1.29, 1.82) is 0 Å². The summed E-state index contributed by atoms with van der Waals surface area (Å²) in [5.41, 5.74) is 1.21. The van der Waals surface area contributed by atoms with Gasteiger partial charge in [-0.05, 0) is 56.2 Å². The molecule has 0 saturated heterocycles. The zero-order valence-electron chi connectivity index (χ0n) is 14.2. The molecule has 1 N–H and O–H groups in total. The number of rotatable bonds is 5. The summed E-state index contributed by atoms with van der Waals surface area (Å²) >= 11 is 0. The number of hydrogen-bond donors (Lipinski definition) is 1. The Morgan fingerprint density at radius 1 is 1.08 bits per heavy atom. The number of benzene rings is 2. The zero-order chi connectivity index (χ0) is 18.6. The lowest BCUT2D eigenvalue weighted by molar-refractivity contribution is -0.212. The smallest absolute Gasteiger partial charge is 0.281 e. The van der Waals surface area contributed by atoms with Crippen molar-refractivity contribution in [1.82, 2.24) is 5.32 Å². The molecule has 0 radical (unpaired) electrons. The SMILES string of the molecule is Cc1ccccc1/C([O-])=N/S(=O)(=O)c1ccc(C(=O)NC(C)C)cc1. The van der Waals surface area contributed by atoms with Crippen LogP contribution >= 0.6 is 0 Å². The second kappa shape index (κ2) is 7.48. The quantitative estimate of drug-likeness (QED) is 0.648. The van der Waals surface area contributed by atoms with Crippen molar-refractivity contribution in [3.63, 3.8) is 0 Å². The summed E-state index contributed by atoms with van der Waals surface area (Å²) in [5.74, 6) is -1.12. The van der Waals surface area contributed by atoms with Crippen LogP contribution in [0.2, 0.25) is 0 Å². The summed E-state index contributed by atoms with van der Waals surface area (Å²) in [6, 6.07) is 11.9. The fraction of sp³-hybridized carbons (Fsp3) is 0.222. The van der Waals surface area contributed by atoms with E-state index in [1.54, 1.807) is 25.1 Å². The summed E-state index contributed by atoms with van der Waals surface area (Å²) in [6.45, 7) is 5.36. The number of sulfonamides is 1. The number of nitrogens with one attached hydrogen (secondary N) is 1. The van der Waals surface area contributed by atoms with Gasteiger partial charge in [0.05, 0.1) is 4.90 Å². The third-order valence-corrected chi connectivity index (χ3v) is 4.69. The van der Waals surface area contributed by atoms with Crippen LogP contribution in [0.5, 0.6) is 0 Å². The average Bonchev–Trinajstić information content (AvgIpc) is 2.54. The number of aryl methyl sites for hydroxylation is 1. The molecule has 0 unspecified atom stereocenters. The van der Waals surface area contributed by atoms with Crippen LogP contribution in [0.25, 0.3) is 0 Å². The van der Waals surface area contributed by atoms with E-state index in [0.29, 0.717) is 11.1 Å². The molecule has 7 heteroatoms. The molecule has 0 atom stereocenters. The summed E-state index contributed by atoms with van der Waals surface area (Å²) in [7, 11) is -4.15. The minimum Gasteiger partial charge on any atom is -0.858 e. The predicted octanol–water partition coefficient (Wildman–Crippen LogP) is 1.63. The molecule has 2 aromatic rings. The number of nitrogens with zero attached hydrogens (tertiary/aromatic N) is 1. The van der Waals surface area contributed by atoms with Gasteiger partial charge in [0.1, 0.15) is 0 Å². The Hall–Kier alpha value is -2.67. The number of amides is 1. The van der Waals surface area contributed by atoms with E-state index in [2.05, 4.69) is 9.71 Å². The van der Waals surface area contributed by atoms with Crippen LogP contribution in [0.4, 0.5) is 0 Å². The Labute approximate surface area is 147 Å². The molecule has 6 nitrogen and oxygen atoms in total.